The fourth-order valence-electron chi connectivity index (χ4n) is 2.81. The second-order valence-corrected chi connectivity index (χ2v) is 8.03. The molecule has 2 fully saturated rings. The molecule has 0 atom stereocenters. The summed E-state index contributed by atoms with van der Waals surface area (Å²) in [5.41, 5.74) is 0. The molecule has 4 rings (SSSR count). The molecule has 124 valence electrons. The summed E-state index contributed by atoms with van der Waals surface area (Å²) in [5, 5.41) is 7.89. The molecule has 2 aromatic rings. The Morgan fingerprint density at radius 1 is 1.00 bits per heavy atom. The van der Waals surface area contributed by atoms with E-state index in [4.69, 9.17) is 8.83 Å². The highest BCUT2D eigenvalue weighted by atomic mass is 32.2. The van der Waals surface area contributed by atoms with Crippen LogP contribution in [0.4, 0.5) is 0 Å². The van der Waals surface area contributed by atoms with Crippen molar-refractivity contribution in [3.8, 4) is 11.7 Å². The molecule has 8 heteroatoms. The molecule has 0 N–H and O–H groups in total. The predicted molar refractivity (Wildman–Crippen MR) is 81.2 cm³/mol. The Hall–Kier alpha value is -1.67. The number of rotatable bonds is 4. The van der Waals surface area contributed by atoms with E-state index in [9.17, 15) is 8.42 Å². The van der Waals surface area contributed by atoms with E-state index in [1.165, 1.54) is 10.4 Å². The number of hydrogen-bond donors (Lipinski definition) is 0. The Morgan fingerprint density at radius 3 is 2.43 bits per heavy atom. The molecule has 1 saturated carbocycles. The molecule has 0 bridgehead atoms. The van der Waals surface area contributed by atoms with Gasteiger partial charge in [0.2, 0.25) is 11.0 Å². The Labute approximate surface area is 134 Å². The molecule has 1 saturated heterocycles. The van der Waals surface area contributed by atoms with Crippen molar-refractivity contribution >= 4 is 10.0 Å². The molecule has 23 heavy (non-hydrogen) atoms. The maximum atomic E-state index is 12.7. The van der Waals surface area contributed by atoms with Crippen LogP contribution in [0.5, 0.6) is 0 Å². The van der Waals surface area contributed by atoms with Crippen LogP contribution >= 0.6 is 0 Å². The number of aromatic nitrogens is 2. The van der Waals surface area contributed by atoms with Gasteiger partial charge in [-0.3, -0.25) is 0 Å². The van der Waals surface area contributed by atoms with E-state index in [-0.39, 0.29) is 11.0 Å². The first-order chi connectivity index (χ1) is 11.1. The van der Waals surface area contributed by atoms with Gasteiger partial charge in [-0.2, -0.15) is 4.31 Å². The summed E-state index contributed by atoms with van der Waals surface area (Å²) < 4.78 is 37.9. The van der Waals surface area contributed by atoms with Crippen LogP contribution in [0.15, 0.2) is 26.1 Å². The summed E-state index contributed by atoms with van der Waals surface area (Å²) in [6, 6.07) is 3.05. The van der Waals surface area contributed by atoms with Crippen molar-refractivity contribution in [3.05, 3.63) is 18.0 Å². The van der Waals surface area contributed by atoms with Gasteiger partial charge in [-0.05, 0) is 37.8 Å². The van der Waals surface area contributed by atoms with Crippen LogP contribution in [0.25, 0.3) is 11.7 Å². The zero-order valence-electron chi connectivity index (χ0n) is 12.8. The first kappa shape index (κ1) is 14.9. The quantitative estimate of drug-likeness (QED) is 0.852. The van der Waals surface area contributed by atoms with Gasteiger partial charge >= 0.3 is 0 Å². The van der Waals surface area contributed by atoms with Gasteiger partial charge in [0, 0.05) is 19.0 Å². The molecule has 2 aliphatic rings. The first-order valence-corrected chi connectivity index (χ1v) is 9.52. The van der Waals surface area contributed by atoms with E-state index in [1.807, 2.05) is 0 Å². The van der Waals surface area contributed by atoms with Gasteiger partial charge < -0.3 is 8.83 Å². The maximum Gasteiger partial charge on any atom is 0.283 e. The van der Waals surface area contributed by atoms with Gasteiger partial charge in [0.1, 0.15) is 0 Å². The minimum absolute atomic E-state index is 0.0550. The fourth-order valence-corrected chi connectivity index (χ4v) is 4.24. The molecule has 1 aliphatic carbocycles. The molecule has 7 nitrogen and oxygen atoms in total. The monoisotopic (exact) mass is 337 g/mol. The molecule has 0 radical (unpaired) electrons. The second kappa shape index (κ2) is 5.76. The van der Waals surface area contributed by atoms with Gasteiger partial charge in [0.05, 0.1) is 0 Å². The largest absolute Gasteiger partial charge is 0.438 e. The second-order valence-electron chi connectivity index (χ2n) is 6.16. The van der Waals surface area contributed by atoms with Crippen LogP contribution in [0.1, 0.15) is 50.3 Å². The van der Waals surface area contributed by atoms with E-state index in [0.717, 1.165) is 38.5 Å². The average Bonchev–Trinajstić information content (AvgIpc) is 3.16. The summed E-state index contributed by atoms with van der Waals surface area (Å²) in [7, 11) is -3.59. The predicted octanol–water partition coefficient (Wildman–Crippen LogP) is 2.77. The molecule has 1 aliphatic heterocycles. The standard InChI is InChI=1S/C15H19N3O4S/c19-23(20,18-9-3-1-2-4-10-18)13-8-7-12(21-13)15-17-16-14(22-15)11-5-6-11/h7-8,11H,1-6,9-10H2. The third-order valence-corrected chi connectivity index (χ3v) is 6.09. The topological polar surface area (TPSA) is 89.4 Å². The SMILES string of the molecule is O=S(=O)(c1ccc(-c2nnc(C3CC3)o2)o1)N1CCCCCC1. The van der Waals surface area contributed by atoms with Crippen molar-refractivity contribution in [2.75, 3.05) is 13.1 Å². The van der Waals surface area contributed by atoms with Crippen molar-refractivity contribution in [3.63, 3.8) is 0 Å². The van der Waals surface area contributed by atoms with Gasteiger partial charge in [0.25, 0.3) is 15.9 Å². The Kier molecular flexibility index (Phi) is 3.73. The normalized spacial score (nSPS) is 20.5. The van der Waals surface area contributed by atoms with Gasteiger partial charge in [-0.1, -0.05) is 12.8 Å². The van der Waals surface area contributed by atoms with E-state index in [2.05, 4.69) is 10.2 Å². The Morgan fingerprint density at radius 2 is 1.74 bits per heavy atom. The highest BCUT2D eigenvalue weighted by molar-refractivity contribution is 7.89. The third kappa shape index (κ3) is 2.92. The van der Waals surface area contributed by atoms with Gasteiger partial charge in [-0.15, -0.1) is 10.2 Å². The molecule has 0 unspecified atom stereocenters. The summed E-state index contributed by atoms with van der Waals surface area (Å²) in [4.78, 5) is 0. The summed E-state index contributed by atoms with van der Waals surface area (Å²) in [6.07, 6.45) is 6.05. The Bertz CT molecular complexity index is 783. The minimum Gasteiger partial charge on any atom is -0.438 e. The van der Waals surface area contributed by atoms with Crippen LogP contribution in [0.2, 0.25) is 0 Å². The molecule has 0 aromatic carbocycles. The number of furan rings is 1. The Balaban J connectivity index is 1.58. The lowest BCUT2D eigenvalue weighted by Gasteiger charge is -2.17. The molecular formula is C15H19N3O4S. The van der Waals surface area contributed by atoms with Crippen molar-refractivity contribution in [2.24, 2.45) is 0 Å². The van der Waals surface area contributed by atoms with E-state index in [1.54, 1.807) is 6.07 Å². The fraction of sp³-hybridized carbons (Fsp3) is 0.600. The van der Waals surface area contributed by atoms with Crippen molar-refractivity contribution in [1.82, 2.24) is 14.5 Å². The lowest BCUT2D eigenvalue weighted by atomic mass is 10.2. The number of nitrogens with zero attached hydrogens (tertiary/aromatic N) is 3. The summed E-state index contributed by atoms with van der Waals surface area (Å²) in [6.45, 7) is 1.09. The zero-order valence-corrected chi connectivity index (χ0v) is 13.6. The lowest BCUT2D eigenvalue weighted by molar-refractivity contribution is 0.384. The van der Waals surface area contributed by atoms with Gasteiger partial charge in [0.15, 0.2) is 5.76 Å². The van der Waals surface area contributed by atoms with Crippen LogP contribution in [0, 0.1) is 0 Å². The van der Waals surface area contributed by atoms with Crippen LogP contribution in [-0.2, 0) is 10.0 Å². The molecule has 2 aromatic heterocycles. The van der Waals surface area contributed by atoms with Crippen LogP contribution < -0.4 is 0 Å². The van der Waals surface area contributed by atoms with Crippen molar-refractivity contribution < 1.29 is 17.3 Å². The van der Waals surface area contributed by atoms with E-state index in [0.29, 0.717) is 30.7 Å². The maximum absolute atomic E-state index is 12.7. The highest BCUT2D eigenvalue weighted by Crippen LogP contribution is 2.40. The third-order valence-electron chi connectivity index (χ3n) is 4.32. The zero-order chi connectivity index (χ0) is 15.9. The van der Waals surface area contributed by atoms with Crippen molar-refractivity contribution in [2.45, 2.75) is 49.5 Å². The van der Waals surface area contributed by atoms with Crippen molar-refractivity contribution in [1.29, 1.82) is 0 Å². The van der Waals surface area contributed by atoms with E-state index >= 15 is 0 Å². The molecule has 0 spiro atoms. The average molecular weight is 337 g/mol. The summed E-state index contributed by atoms with van der Waals surface area (Å²) in [5.74, 6) is 1.50. The van der Waals surface area contributed by atoms with Crippen LogP contribution in [-0.4, -0.2) is 36.0 Å². The smallest absolute Gasteiger partial charge is 0.283 e. The van der Waals surface area contributed by atoms with Gasteiger partial charge in [-0.25, -0.2) is 8.42 Å². The number of sulfonamides is 1. The number of hydrogen-bond acceptors (Lipinski definition) is 6. The van der Waals surface area contributed by atoms with Crippen LogP contribution in [0.3, 0.4) is 0 Å². The van der Waals surface area contributed by atoms with E-state index < -0.39 is 10.0 Å². The first-order valence-electron chi connectivity index (χ1n) is 8.08. The lowest BCUT2D eigenvalue weighted by Crippen LogP contribution is -2.31. The molecule has 3 heterocycles. The summed E-state index contributed by atoms with van der Waals surface area (Å²) >= 11 is 0. The molecule has 0 amide bonds. The minimum atomic E-state index is -3.59. The molecular weight excluding hydrogens is 318 g/mol. The highest BCUT2D eigenvalue weighted by Gasteiger charge is 2.31.